The third kappa shape index (κ3) is 6.05. The summed E-state index contributed by atoms with van der Waals surface area (Å²) in [5.41, 5.74) is 0.0852. The molecule has 1 aromatic rings. The van der Waals surface area contributed by atoms with Crippen molar-refractivity contribution in [1.82, 2.24) is 10.6 Å². The van der Waals surface area contributed by atoms with Gasteiger partial charge in [0.15, 0.2) is 0 Å². The molecule has 1 fully saturated rings. The monoisotopic (exact) mass is 366 g/mol. The fraction of sp³-hybridized carbons (Fsp3) is 0.667. The molecule has 2 heterocycles. The van der Waals surface area contributed by atoms with Gasteiger partial charge in [0.25, 0.3) is 0 Å². The van der Waals surface area contributed by atoms with Crippen molar-refractivity contribution < 1.29 is 9.53 Å². The summed E-state index contributed by atoms with van der Waals surface area (Å²) in [6.07, 6.45) is 3.35. The topological polar surface area (TPSA) is 50.4 Å². The van der Waals surface area contributed by atoms with Crippen molar-refractivity contribution in [3.8, 4) is 0 Å². The van der Waals surface area contributed by atoms with Crippen LogP contribution in [-0.2, 0) is 16.0 Å². The molecule has 4 nitrogen and oxygen atoms in total. The van der Waals surface area contributed by atoms with Crippen molar-refractivity contribution >= 4 is 41.3 Å². The maximum atomic E-state index is 12.0. The Morgan fingerprint density at radius 1 is 1.45 bits per heavy atom. The first-order chi connectivity index (χ1) is 10.1. The molecule has 1 aromatic heterocycles. The molecule has 0 atom stereocenters. The molecule has 1 aliphatic heterocycles. The zero-order valence-electron chi connectivity index (χ0n) is 12.8. The van der Waals surface area contributed by atoms with Crippen molar-refractivity contribution in [2.24, 2.45) is 5.41 Å². The predicted molar refractivity (Wildman–Crippen MR) is 94.3 cm³/mol. The molecule has 0 aliphatic carbocycles. The molecule has 1 saturated heterocycles. The first-order valence-electron chi connectivity index (χ1n) is 7.34. The number of hydrogen-bond acceptors (Lipinski definition) is 4. The number of thiophene rings is 1. The molecule has 1 amide bonds. The minimum Gasteiger partial charge on any atom is -0.384 e. The second-order valence-corrected chi connectivity index (χ2v) is 7.47. The summed E-state index contributed by atoms with van der Waals surface area (Å²) in [5.74, 6) is 0.105. The minimum absolute atomic E-state index is 0. The molecular formula is C15H24Cl2N2O2S. The van der Waals surface area contributed by atoms with Gasteiger partial charge >= 0.3 is 0 Å². The summed E-state index contributed by atoms with van der Waals surface area (Å²) >= 11 is 7.43. The van der Waals surface area contributed by atoms with Gasteiger partial charge in [0.1, 0.15) is 0 Å². The SMILES string of the molecule is COCC1(CNC(=O)CCc2ccc(Cl)s2)CCNCC1.Cl. The number of piperidine rings is 1. The van der Waals surface area contributed by atoms with Crippen LogP contribution in [-0.4, -0.2) is 39.3 Å². The number of methoxy groups -OCH3 is 1. The Morgan fingerprint density at radius 2 is 2.18 bits per heavy atom. The third-order valence-corrected chi connectivity index (χ3v) is 5.29. The highest BCUT2D eigenvalue weighted by atomic mass is 35.5. The highest BCUT2D eigenvalue weighted by molar-refractivity contribution is 7.16. The Morgan fingerprint density at radius 3 is 2.77 bits per heavy atom. The van der Waals surface area contributed by atoms with Crippen LogP contribution >= 0.6 is 35.3 Å². The van der Waals surface area contributed by atoms with E-state index in [-0.39, 0.29) is 23.7 Å². The van der Waals surface area contributed by atoms with Crippen LogP contribution in [0, 0.1) is 5.41 Å². The van der Waals surface area contributed by atoms with Gasteiger partial charge in [-0.3, -0.25) is 4.79 Å². The number of nitrogens with one attached hydrogen (secondary N) is 2. The van der Waals surface area contributed by atoms with Gasteiger partial charge in [-0.05, 0) is 44.5 Å². The molecule has 0 spiro atoms. The lowest BCUT2D eigenvalue weighted by atomic mass is 9.79. The summed E-state index contributed by atoms with van der Waals surface area (Å²) in [7, 11) is 1.73. The molecular weight excluding hydrogens is 343 g/mol. The van der Waals surface area contributed by atoms with Crippen LogP contribution in [0.2, 0.25) is 4.34 Å². The molecule has 0 aromatic carbocycles. The fourth-order valence-corrected chi connectivity index (χ4v) is 3.82. The summed E-state index contributed by atoms with van der Waals surface area (Å²) < 4.78 is 6.13. The molecule has 0 radical (unpaired) electrons. The van der Waals surface area contributed by atoms with Crippen LogP contribution in [0.5, 0.6) is 0 Å². The normalized spacial score (nSPS) is 16.8. The number of aryl methyl sites for hydroxylation is 1. The smallest absolute Gasteiger partial charge is 0.220 e. The van der Waals surface area contributed by atoms with Crippen LogP contribution in [0.1, 0.15) is 24.1 Å². The van der Waals surface area contributed by atoms with Gasteiger partial charge in [-0.25, -0.2) is 0 Å². The molecule has 126 valence electrons. The van der Waals surface area contributed by atoms with E-state index < -0.39 is 0 Å². The highest BCUT2D eigenvalue weighted by Gasteiger charge is 2.32. The Hall–Kier alpha value is -0.330. The van der Waals surface area contributed by atoms with E-state index >= 15 is 0 Å². The second-order valence-electron chi connectivity index (χ2n) is 5.67. The zero-order valence-corrected chi connectivity index (χ0v) is 15.2. The van der Waals surface area contributed by atoms with Gasteiger partial charge in [-0.1, -0.05) is 11.6 Å². The first kappa shape index (κ1) is 19.7. The summed E-state index contributed by atoms with van der Waals surface area (Å²) in [5, 5.41) is 6.44. The largest absolute Gasteiger partial charge is 0.384 e. The Kier molecular flexibility index (Phi) is 8.72. The molecule has 0 saturated carbocycles. The van der Waals surface area contributed by atoms with Gasteiger partial charge in [0.05, 0.1) is 10.9 Å². The molecule has 22 heavy (non-hydrogen) atoms. The van der Waals surface area contributed by atoms with Gasteiger partial charge < -0.3 is 15.4 Å². The van der Waals surface area contributed by atoms with Gasteiger partial charge in [-0.15, -0.1) is 23.7 Å². The fourth-order valence-electron chi connectivity index (χ4n) is 2.73. The lowest BCUT2D eigenvalue weighted by molar-refractivity contribution is -0.121. The van der Waals surface area contributed by atoms with Crippen LogP contribution in [0.3, 0.4) is 0 Å². The van der Waals surface area contributed by atoms with E-state index in [4.69, 9.17) is 16.3 Å². The lowest BCUT2D eigenvalue weighted by Gasteiger charge is -2.37. The molecule has 7 heteroatoms. The Labute approximate surface area is 147 Å². The predicted octanol–water partition coefficient (Wildman–Crippen LogP) is 2.89. The minimum atomic E-state index is 0. The molecule has 1 aliphatic rings. The van der Waals surface area contributed by atoms with E-state index in [1.54, 1.807) is 18.4 Å². The number of hydrogen-bond donors (Lipinski definition) is 2. The van der Waals surface area contributed by atoms with Crippen LogP contribution in [0.25, 0.3) is 0 Å². The van der Waals surface area contributed by atoms with Crippen molar-refractivity contribution in [3.05, 3.63) is 21.3 Å². The molecule has 0 bridgehead atoms. The van der Waals surface area contributed by atoms with Crippen molar-refractivity contribution in [3.63, 3.8) is 0 Å². The van der Waals surface area contributed by atoms with E-state index in [2.05, 4.69) is 10.6 Å². The van der Waals surface area contributed by atoms with Gasteiger partial charge in [0, 0.05) is 30.4 Å². The van der Waals surface area contributed by atoms with E-state index in [1.165, 1.54) is 0 Å². The number of amides is 1. The maximum Gasteiger partial charge on any atom is 0.220 e. The van der Waals surface area contributed by atoms with E-state index in [0.717, 1.165) is 41.6 Å². The standard InChI is InChI=1S/C15H23ClN2O2S.ClH/c1-20-11-15(6-8-17-9-7-15)10-18-14(19)5-3-12-2-4-13(16)21-12;/h2,4,17H,3,5-11H2,1H3,(H,18,19);1H. The zero-order chi connectivity index (χ0) is 15.1. The van der Waals surface area contributed by atoms with Crippen LogP contribution in [0.4, 0.5) is 0 Å². The van der Waals surface area contributed by atoms with Crippen molar-refractivity contribution in [2.75, 3.05) is 33.4 Å². The third-order valence-electron chi connectivity index (χ3n) is 4.00. The summed E-state index contributed by atoms with van der Waals surface area (Å²) in [6.45, 7) is 3.39. The highest BCUT2D eigenvalue weighted by Crippen LogP contribution is 2.28. The average Bonchev–Trinajstić information content (AvgIpc) is 2.90. The van der Waals surface area contributed by atoms with Gasteiger partial charge in [-0.2, -0.15) is 0 Å². The molecule has 2 rings (SSSR count). The second kappa shape index (κ2) is 9.73. The Balaban J connectivity index is 0.00000242. The van der Waals surface area contributed by atoms with E-state index in [1.807, 2.05) is 12.1 Å². The van der Waals surface area contributed by atoms with Crippen LogP contribution in [0.15, 0.2) is 12.1 Å². The van der Waals surface area contributed by atoms with Gasteiger partial charge in [0.2, 0.25) is 5.91 Å². The number of carbonyl (C=O) groups is 1. The number of halogens is 2. The molecule has 2 N–H and O–H groups in total. The quantitative estimate of drug-likeness (QED) is 0.779. The number of ether oxygens (including phenoxy) is 1. The number of carbonyl (C=O) groups excluding carboxylic acids is 1. The molecule has 0 unspecified atom stereocenters. The number of rotatable bonds is 7. The lowest BCUT2D eigenvalue weighted by Crippen LogP contribution is -2.47. The summed E-state index contributed by atoms with van der Waals surface area (Å²) in [6, 6.07) is 3.86. The van der Waals surface area contributed by atoms with Crippen LogP contribution < -0.4 is 10.6 Å². The first-order valence-corrected chi connectivity index (χ1v) is 8.54. The maximum absolute atomic E-state index is 12.0. The Bertz CT molecular complexity index is 457. The van der Waals surface area contributed by atoms with Crippen molar-refractivity contribution in [1.29, 1.82) is 0 Å². The van der Waals surface area contributed by atoms with E-state index in [0.29, 0.717) is 19.6 Å². The average molecular weight is 367 g/mol. The van der Waals surface area contributed by atoms with Crippen molar-refractivity contribution in [2.45, 2.75) is 25.7 Å². The van der Waals surface area contributed by atoms with E-state index in [9.17, 15) is 4.79 Å². The summed E-state index contributed by atoms with van der Waals surface area (Å²) in [4.78, 5) is 13.2.